The maximum atomic E-state index is 13.0. The summed E-state index contributed by atoms with van der Waals surface area (Å²) in [5, 5.41) is 12.0. The summed E-state index contributed by atoms with van der Waals surface area (Å²) >= 11 is 3.10. The van der Waals surface area contributed by atoms with Crippen molar-refractivity contribution in [3.63, 3.8) is 0 Å². The first-order chi connectivity index (χ1) is 8.40. The number of benzene rings is 1. The van der Waals surface area contributed by atoms with Gasteiger partial charge in [-0.1, -0.05) is 19.9 Å². The fourth-order valence-electron chi connectivity index (χ4n) is 1.63. The molecule has 3 nitrogen and oxygen atoms in total. The van der Waals surface area contributed by atoms with Crippen molar-refractivity contribution in [2.45, 2.75) is 32.9 Å². The summed E-state index contributed by atoms with van der Waals surface area (Å²) in [6, 6.07) is 4.07. The molecule has 0 spiro atoms. The van der Waals surface area contributed by atoms with Crippen LogP contribution in [0.25, 0.3) is 0 Å². The number of nitrogens with one attached hydrogen (secondary N) is 1. The van der Waals surface area contributed by atoms with Crippen LogP contribution in [0.5, 0.6) is 0 Å². The molecule has 0 fully saturated rings. The summed E-state index contributed by atoms with van der Waals surface area (Å²) in [6.45, 7) is 4.36. The van der Waals surface area contributed by atoms with Gasteiger partial charge in [0.25, 0.3) is 0 Å². The number of hydrogen-bond donors (Lipinski definition) is 2. The van der Waals surface area contributed by atoms with E-state index in [2.05, 4.69) is 21.2 Å². The van der Waals surface area contributed by atoms with Crippen LogP contribution >= 0.6 is 15.9 Å². The molecule has 0 bridgehead atoms. The standard InChI is InChI=1S/C13H17BrFNO2/c1-8(2)5-12(13(17)18)16-7-9-3-4-11(15)10(14)6-9/h3-4,6,8,12,16H,5,7H2,1-2H3,(H,17,18). The SMILES string of the molecule is CC(C)CC(NCc1ccc(F)c(Br)c1)C(=O)O. The molecule has 1 aromatic carbocycles. The highest BCUT2D eigenvalue weighted by atomic mass is 79.9. The van der Waals surface area contributed by atoms with Crippen LogP contribution in [-0.4, -0.2) is 17.1 Å². The molecule has 1 atom stereocenters. The van der Waals surface area contributed by atoms with E-state index in [1.165, 1.54) is 6.07 Å². The van der Waals surface area contributed by atoms with E-state index in [4.69, 9.17) is 5.11 Å². The Morgan fingerprint density at radius 3 is 2.67 bits per heavy atom. The van der Waals surface area contributed by atoms with Gasteiger partial charge in [-0.25, -0.2) is 4.39 Å². The summed E-state index contributed by atoms with van der Waals surface area (Å²) in [4.78, 5) is 11.0. The van der Waals surface area contributed by atoms with Crippen molar-refractivity contribution in [1.29, 1.82) is 0 Å². The molecule has 0 aliphatic carbocycles. The second kappa shape index (κ2) is 6.85. The van der Waals surface area contributed by atoms with E-state index in [0.717, 1.165) is 5.56 Å². The number of aliphatic carboxylic acids is 1. The van der Waals surface area contributed by atoms with E-state index in [1.54, 1.807) is 12.1 Å². The molecule has 0 saturated carbocycles. The quantitative estimate of drug-likeness (QED) is 0.847. The Morgan fingerprint density at radius 2 is 2.17 bits per heavy atom. The maximum absolute atomic E-state index is 13.0. The summed E-state index contributed by atoms with van der Waals surface area (Å²) in [7, 11) is 0. The lowest BCUT2D eigenvalue weighted by molar-refractivity contribution is -0.140. The normalized spacial score (nSPS) is 12.7. The molecule has 0 aromatic heterocycles. The zero-order valence-electron chi connectivity index (χ0n) is 10.4. The maximum Gasteiger partial charge on any atom is 0.320 e. The van der Waals surface area contributed by atoms with Crippen LogP contribution in [0.4, 0.5) is 4.39 Å². The predicted molar refractivity (Wildman–Crippen MR) is 71.8 cm³/mol. The van der Waals surface area contributed by atoms with Crippen molar-refractivity contribution in [3.8, 4) is 0 Å². The zero-order valence-corrected chi connectivity index (χ0v) is 12.0. The number of hydrogen-bond acceptors (Lipinski definition) is 2. The fraction of sp³-hybridized carbons (Fsp3) is 0.462. The van der Waals surface area contributed by atoms with E-state index < -0.39 is 12.0 Å². The largest absolute Gasteiger partial charge is 0.480 e. The van der Waals surface area contributed by atoms with Crippen molar-refractivity contribution < 1.29 is 14.3 Å². The Kier molecular flexibility index (Phi) is 5.75. The fourth-order valence-corrected chi connectivity index (χ4v) is 2.06. The third-order valence-electron chi connectivity index (χ3n) is 2.54. The minimum atomic E-state index is -0.857. The van der Waals surface area contributed by atoms with Gasteiger partial charge in [-0.3, -0.25) is 4.79 Å². The molecular formula is C13H17BrFNO2. The third kappa shape index (κ3) is 4.74. The van der Waals surface area contributed by atoms with Gasteiger partial charge in [0, 0.05) is 6.54 Å². The highest BCUT2D eigenvalue weighted by Gasteiger charge is 2.17. The molecule has 0 saturated heterocycles. The molecule has 0 aliphatic rings. The molecule has 18 heavy (non-hydrogen) atoms. The van der Waals surface area contributed by atoms with E-state index in [0.29, 0.717) is 23.4 Å². The lowest BCUT2D eigenvalue weighted by Gasteiger charge is -2.16. The average Bonchev–Trinajstić information content (AvgIpc) is 2.28. The van der Waals surface area contributed by atoms with Crippen LogP contribution in [-0.2, 0) is 11.3 Å². The highest BCUT2D eigenvalue weighted by Crippen LogP contribution is 2.17. The van der Waals surface area contributed by atoms with Crippen molar-refractivity contribution >= 4 is 21.9 Å². The molecule has 5 heteroatoms. The lowest BCUT2D eigenvalue weighted by Crippen LogP contribution is -2.37. The van der Waals surface area contributed by atoms with Gasteiger partial charge in [-0.05, 0) is 46.0 Å². The monoisotopic (exact) mass is 317 g/mol. The van der Waals surface area contributed by atoms with Crippen molar-refractivity contribution in [3.05, 3.63) is 34.1 Å². The summed E-state index contributed by atoms with van der Waals surface area (Å²) in [5.74, 6) is -0.876. The Bertz CT molecular complexity index is 423. The summed E-state index contributed by atoms with van der Waals surface area (Å²) in [6.07, 6.45) is 0.567. The van der Waals surface area contributed by atoms with Crippen LogP contribution in [0.15, 0.2) is 22.7 Å². The first kappa shape index (κ1) is 15.1. The minimum Gasteiger partial charge on any atom is -0.480 e. The van der Waals surface area contributed by atoms with Gasteiger partial charge < -0.3 is 10.4 Å². The van der Waals surface area contributed by atoms with Gasteiger partial charge in [0.05, 0.1) is 4.47 Å². The van der Waals surface area contributed by atoms with Gasteiger partial charge in [0.2, 0.25) is 0 Å². The zero-order chi connectivity index (χ0) is 13.7. The van der Waals surface area contributed by atoms with Crippen LogP contribution < -0.4 is 5.32 Å². The molecule has 0 aliphatic heterocycles. The second-order valence-electron chi connectivity index (χ2n) is 4.65. The minimum absolute atomic E-state index is 0.304. The predicted octanol–water partition coefficient (Wildman–Crippen LogP) is 3.18. The third-order valence-corrected chi connectivity index (χ3v) is 3.15. The Hall–Kier alpha value is -0.940. The number of halogens is 2. The number of carbonyl (C=O) groups is 1. The average molecular weight is 318 g/mol. The summed E-state index contributed by atoms with van der Waals surface area (Å²) in [5.41, 5.74) is 0.846. The number of carboxylic acid groups (broad SMARTS) is 1. The molecule has 0 heterocycles. The highest BCUT2D eigenvalue weighted by molar-refractivity contribution is 9.10. The molecule has 1 unspecified atom stereocenters. The Morgan fingerprint density at radius 1 is 1.50 bits per heavy atom. The molecule has 0 amide bonds. The molecule has 1 rings (SSSR count). The van der Waals surface area contributed by atoms with Gasteiger partial charge in [-0.15, -0.1) is 0 Å². The van der Waals surface area contributed by atoms with Gasteiger partial charge in [-0.2, -0.15) is 0 Å². The van der Waals surface area contributed by atoms with Gasteiger partial charge >= 0.3 is 5.97 Å². The van der Waals surface area contributed by atoms with Crippen LogP contribution in [0.1, 0.15) is 25.8 Å². The molecule has 100 valence electrons. The van der Waals surface area contributed by atoms with Crippen LogP contribution in [0.2, 0.25) is 0 Å². The first-order valence-electron chi connectivity index (χ1n) is 5.80. The van der Waals surface area contributed by atoms with Gasteiger partial charge in [0.15, 0.2) is 0 Å². The molecular weight excluding hydrogens is 301 g/mol. The Labute approximate surface area is 115 Å². The van der Waals surface area contributed by atoms with Crippen LogP contribution in [0.3, 0.4) is 0 Å². The van der Waals surface area contributed by atoms with Crippen molar-refractivity contribution in [1.82, 2.24) is 5.32 Å². The molecule has 0 radical (unpaired) electrons. The van der Waals surface area contributed by atoms with E-state index in [-0.39, 0.29) is 5.82 Å². The lowest BCUT2D eigenvalue weighted by atomic mass is 10.0. The molecule has 1 aromatic rings. The van der Waals surface area contributed by atoms with E-state index in [1.807, 2.05) is 13.8 Å². The Balaban J connectivity index is 2.61. The van der Waals surface area contributed by atoms with Crippen molar-refractivity contribution in [2.24, 2.45) is 5.92 Å². The van der Waals surface area contributed by atoms with E-state index >= 15 is 0 Å². The molecule has 2 N–H and O–H groups in total. The smallest absolute Gasteiger partial charge is 0.320 e. The summed E-state index contributed by atoms with van der Waals surface area (Å²) < 4.78 is 13.4. The number of carboxylic acids is 1. The van der Waals surface area contributed by atoms with E-state index in [9.17, 15) is 9.18 Å². The first-order valence-corrected chi connectivity index (χ1v) is 6.59. The second-order valence-corrected chi connectivity index (χ2v) is 5.50. The topological polar surface area (TPSA) is 49.3 Å². The number of rotatable bonds is 6. The van der Waals surface area contributed by atoms with Crippen molar-refractivity contribution in [2.75, 3.05) is 0 Å². The van der Waals surface area contributed by atoms with Gasteiger partial charge in [0.1, 0.15) is 11.9 Å². The van der Waals surface area contributed by atoms with Crippen LogP contribution in [0, 0.1) is 11.7 Å².